The molecule has 37 valence electrons. The summed E-state index contributed by atoms with van der Waals surface area (Å²) in [5.74, 6) is 0. The maximum Gasteiger partial charge on any atom is 2.00 e. The van der Waals surface area contributed by atoms with Gasteiger partial charge in [0, 0.05) is 0 Å². The van der Waals surface area contributed by atoms with Crippen LogP contribution in [0.2, 0.25) is 0 Å². The maximum absolute atomic E-state index is 8.42. The maximum atomic E-state index is 8.42. The van der Waals surface area contributed by atoms with Crippen LogP contribution >= 0.6 is 0 Å². The summed E-state index contributed by atoms with van der Waals surface area (Å²) in [6.07, 6.45) is 0. The van der Waals surface area contributed by atoms with E-state index in [4.69, 9.17) is 15.1 Å². The van der Waals surface area contributed by atoms with Crippen LogP contribution in [0.1, 0.15) is 0 Å². The van der Waals surface area contributed by atoms with Gasteiger partial charge in [-0.25, -0.2) is 0 Å². The first kappa shape index (κ1) is 23.4. The first-order valence-corrected chi connectivity index (χ1v) is 0.707. The van der Waals surface area contributed by atoms with Crippen molar-refractivity contribution in [3.8, 4) is 0 Å². The molecular formula is HBCaMnO4. The van der Waals surface area contributed by atoms with Crippen LogP contribution in [0.3, 0.4) is 0 Å². The molecule has 0 rings (SSSR count). The molecule has 7 heteroatoms. The molecule has 0 saturated heterocycles. The predicted octanol–water partition coefficient (Wildman–Crippen LogP) is -4.51. The molecule has 0 aromatic heterocycles. The fraction of sp³-hybridized carbons (Fsp3) is 0. The molecule has 0 aliphatic carbocycles. The third kappa shape index (κ3) is 87.5. The summed E-state index contributed by atoms with van der Waals surface area (Å²) < 4.78 is 0. The molecule has 1 N–H and O–H groups in total. The van der Waals surface area contributed by atoms with Gasteiger partial charge in [-0.05, 0) is 0 Å². The Bertz CT molecular complexity index is 16.4. The van der Waals surface area contributed by atoms with Crippen molar-refractivity contribution in [3.05, 3.63) is 0 Å². The van der Waals surface area contributed by atoms with Gasteiger partial charge in [-0.2, -0.15) is 0 Å². The van der Waals surface area contributed by atoms with E-state index in [9.17, 15) is 0 Å². The van der Waals surface area contributed by atoms with Gasteiger partial charge in [-0.3, -0.25) is 7.32 Å². The Morgan fingerprint density at radius 3 is 1.00 bits per heavy atom. The summed E-state index contributed by atoms with van der Waals surface area (Å²) in [7, 11) is -2.92. The van der Waals surface area contributed by atoms with E-state index in [2.05, 4.69) is 0 Å². The van der Waals surface area contributed by atoms with Crippen molar-refractivity contribution in [1.29, 1.82) is 0 Å². The second kappa shape index (κ2) is 15.6. The fourth-order valence-electron chi connectivity index (χ4n) is 0. The number of hydrogen-bond acceptors (Lipinski definition) is 4. The summed E-state index contributed by atoms with van der Waals surface area (Å²) in [4.78, 5) is 0. The van der Waals surface area contributed by atoms with Crippen molar-refractivity contribution in [1.82, 2.24) is 0 Å². The summed E-state index contributed by atoms with van der Waals surface area (Å²) in [6.45, 7) is 0. The topological polar surface area (TPSA) is 99.2 Å². The largest absolute Gasteiger partial charge is 2.00 e. The molecule has 0 atom stereocenters. The zero-order valence-corrected chi connectivity index (χ0v) is 6.72. The molecule has 0 aliphatic heterocycles. The standard InChI is InChI=1S/BO3.Ca.Mn.H2O/c2-1(3)4;;;/h;;;1H2/q-3;2*+2;/p-1. The van der Waals surface area contributed by atoms with Gasteiger partial charge < -0.3 is 20.5 Å². The summed E-state index contributed by atoms with van der Waals surface area (Å²) >= 11 is 0. The van der Waals surface area contributed by atoms with Crippen LogP contribution in [0.4, 0.5) is 0 Å². The van der Waals surface area contributed by atoms with Crippen molar-refractivity contribution in [3.63, 3.8) is 0 Å². The van der Waals surface area contributed by atoms with E-state index in [1.807, 2.05) is 0 Å². The van der Waals surface area contributed by atoms with Crippen molar-refractivity contribution in [2.75, 3.05) is 0 Å². The minimum atomic E-state index is -2.92. The van der Waals surface area contributed by atoms with Gasteiger partial charge in [-0.15, -0.1) is 0 Å². The average Bonchev–Trinajstić information content (AvgIpc) is 0.811. The molecule has 0 amide bonds. The molecule has 0 aromatic rings. The average molecular weight is 171 g/mol. The van der Waals surface area contributed by atoms with E-state index in [-0.39, 0.29) is 60.3 Å². The predicted molar refractivity (Wildman–Crippen MR) is 13.4 cm³/mol. The van der Waals surface area contributed by atoms with Gasteiger partial charge in [-0.1, -0.05) is 0 Å². The molecule has 7 heavy (non-hydrogen) atoms. The molecular weight excluding hydrogens is 170 g/mol. The van der Waals surface area contributed by atoms with E-state index in [1.165, 1.54) is 0 Å². The Balaban J connectivity index is -0.0000000150. The minimum absolute atomic E-state index is 0. The fourth-order valence-corrected chi connectivity index (χ4v) is 0. The van der Waals surface area contributed by atoms with Gasteiger partial charge in [0.2, 0.25) is 0 Å². The van der Waals surface area contributed by atoms with Crippen LogP contribution in [-0.2, 0) is 17.1 Å². The van der Waals surface area contributed by atoms with Crippen LogP contribution in [0.15, 0.2) is 0 Å². The van der Waals surface area contributed by atoms with Gasteiger partial charge >= 0.3 is 54.8 Å². The Hall–Kier alpha value is 1.68. The second-order valence-corrected chi connectivity index (χ2v) is 0.289. The first-order chi connectivity index (χ1) is 1.73. The summed E-state index contributed by atoms with van der Waals surface area (Å²) in [5.41, 5.74) is 0. The molecule has 0 aliphatic rings. The third-order valence-electron chi connectivity index (χ3n) is 0. The minimum Gasteiger partial charge on any atom is -0.907 e. The zero-order chi connectivity index (χ0) is 3.58. The van der Waals surface area contributed by atoms with Crippen molar-refractivity contribution >= 4 is 45.1 Å². The van der Waals surface area contributed by atoms with Gasteiger partial charge in [0.1, 0.15) is 0 Å². The van der Waals surface area contributed by atoms with Crippen molar-refractivity contribution < 1.29 is 37.6 Å². The van der Waals surface area contributed by atoms with Crippen LogP contribution in [0.25, 0.3) is 0 Å². The van der Waals surface area contributed by atoms with E-state index < -0.39 is 7.32 Å². The van der Waals surface area contributed by atoms with Gasteiger partial charge in [0.25, 0.3) is 0 Å². The normalized spacial score (nSPS) is 3.86. The van der Waals surface area contributed by atoms with Crippen molar-refractivity contribution in [2.24, 2.45) is 0 Å². The third-order valence-corrected chi connectivity index (χ3v) is 0. The smallest absolute Gasteiger partial charge is 0.907 e. The first-order valence-electron chi connectivity index (χ1n) is 0.707. The molecule has 0 heterocycles. The molecule has 0 saturated carbocycles. The van der Waals surface area contributed by atoms with Crippen LogP contribution < -0.4 is 15.1 Å². The Morgan fingerprint density at radius 1 is 1.00 bits per heavy atom. The second-order valence-electron chi connectivity index (χ2n) is 0.289. The van der Waals surface area contributed by atoms with Gasteiger partial charge in [0.05, 0.1) is 0 Å². The van der Waals surface area contributed by atoms with E-state index >= 15 is 0 Å². The van der Waals surface area contributed by atoms with E-state index in [0.717, 1.165) is 0 Å². The molecule has 0 aromatic carbocycles. The zero-order valence-electron chi connectivity index (χ0n) is 3.33. The quantitative estimate of drug-likeness (QED) is 0.342. The summed E-state index contributed by atoms with van der Waals surface area (Å²) in [5, 5.41) is 25.2. The summed E-state index contributed by atoms with van der Waals surface area (Å²) in [6, 6.07) is 0. The Kier molecular flexibility index (Phi) is 52.2. The Labute approximate surface area is 81.9 Å². The molecule has 0 bridgehead atoms. The Morgan fingerprint density at radius 2 is 1.00 bits per heavy atom. The van der Waals surface area contributed by atoms with Crippen LogP contribution in [-0.4, -0.2) is 50.5 Å². The molecule has 1 radical (unpaired) electrons. The van der Waals surface area contributed by atoms with Crippen LogP contribution in [0.5, 0.6) is 0 Å². The van der Waals surface area contributed by atoms with Gasteiger partial charge in [0.15, 0.2) is 0 Å². The van der Waals surface area contributed by atoms with E-state index in [0.29, 0.717) is 0 Å². The SMILES string of the molecule is [Ca+2].[Mn+2].[O-]B([O-])[O-].[OH-]. The number of hydrogen-bond donors (Lipinski definition) is 0. The molecule has 0 fully saturated rings. The number of rotatable bonds is 0. The molecule has 4 nitrogen and oxygen atoms in total. The molecule has 0 spiro atoms. The molecule has 0 unspecified atom stereocenters. The van der Waals surface area contributed by atoms with E-state index in [1.54, 1.807) is 0 Å². The van der Waals surface area contributed by atoms with Crippen molar-refractivity contribution in [2.45, 2.75) is 0 Å². The monoisotopic (exact) mass is 171 g/mol. The van der Waals surface area contributed by atoms with Crippen LogP contribution in [0, 0.1) is 0 Å².